The molecule has 4 heteroatoms. The van der Waals surface area contributed by atoms with Gasteiger partial charge in [-0.05, 0) is 12.8 Å². The van der Waals surface area contributed by atoms with Crippen LogP contribution in [0.4, 0.5) is 0 Å². The molecule has 1 saturated carbocycles. The van der Waals surface area contributed by atoms with Crippen LogP contribution in [-0.2, 0) is 9.53 Å². The van der Waals surface area contributed by atoms with Crippen LogP contribution in [0.15, 0.2) is 0 Å². The van der Waals surface area contributed by atoms with Gasteiger partial charge in [0, 0.05) is 5.41 Å². The van der Waals surface area contributed by atoms with E-state index in [2.05, 4.69) is 0 Å². The summed E-state index contributed by atoms with van der Waals surface area (Å²) in [6.07, 6.45) is 0.713. The number of ether oxygens (including phenoxy) is 1. The Balaban J connectivity index is 2.00. The number of aliphatic carboxylic acids is 1. The summed E-state index contributed by atoms with van der Waals surface area (Å²) in [6.45, 7) is 1.23. The molecule has 2 aliphatic rings. The van der Waals surface area contributed by atoms with E-state index in [0.717, 1.165) is 0 Å². The molecule has 0 amide bonds. The average Bonchev–Trinajstić information content (AvgIpc) is 1.75. The zero-order chi connectivity index (χ0) is 8.11. The quantitative estimate of drug-likeness (QED) is 0.545. The highest BCUT2D eigenvalue weighted by Gasteiger charge is 2.61. The second-order valence-electron chi connectivity index (χ2n) is 3.68. The smallest absolute Gasteiger partial charge is 0.335 e. The maximum absolute atomic E-state index is 10.4. The fourth-order valence-corrected chi connectivity index (χ4v) is 1.94. The van der Waals surface area contributed by atoms with Gasteiger partial charge in [-0.15, -0.1) is 0 Å². The molecule has 0 unspecified atom stereocenters. The highest BCUT2D eigenvalue weighted by atomic mass is 16.5. The highest BCUT2D eigenvalue weighted by Crippen LogP contribution is 2.53. The average molecular weight is 158 g/mol. The van der Waals surface area contributed by atoms with Crippen molar-refractivity contribution in [1.82, 2.24) is 0 Å². The van der Waals surface area contributed by atoms with Crippen molar-refractivity contribution in [2.24, 2.45) is 5.41 Å². The fraction of sp³-hybridized carbons (Fsp3) is 0.857. The largest absolute Gasteiger partial charge is 0.479 e. The molecule has 62 valence electrons. The number of carbonyl (C=O) groups is 1. The molecule has 2 rings (SSSR count). The Bertz CT molecular complexity index is 198. The van der Waals surface area contributed by atoms with Crippen molar-refractivity contribution in [3.63, 3.8) is 0 Å². The van der Waals surface area contributed by atoms with E-state index >= 15 is 0 Å². The SMILES string of the molecule is O=C(O)C1(O)CC2(COC2)C1. The molecule has 0 bridgehead atoms. The Hall–Kier alpha value is -0.610. The molecule has 11 heavy (non-hydrogen) atoms. The Morgan fingerprint density at radius 2 is 1.91 bits per heavy atom. The number of hydrogen-bond acceptors (Lipinski definition) is 3. The van der Waals surface area contributed by atoms with E-state index in [9.17, 15) is 9.90 Å². The van der Waals surface area contributed by atoms with Crippen LogP contribution in [0.3, 0.4) is 0 Å². The van der Waals surface area contributed by atoms with Gasteiger partial charge in [-0.1, -0.05) is 0 Å². The van der Waals surface area contributed by atoms with Gasteiger partial charge in [-0.25, -0.2) is 4.79 Å². The van der Waals surface area contributed by atoms with Crippen LogP contribution in [0, 0.1) is 5.41 Å². The first-order valence-electron chi connectivity index (χ1n) is 3.60. The van der Waals surface area contributed by atoms with E-state index in [1.807, 2.05) is 0 Å². The van der Waals surface area contributed by atoms with Crippen molar-refractivity contribution in [3.8, 4) is 0 Å². The molecule has 0 aromatic heterocycles. The van der Waals surface area contributed by atoms with Crippen LogP contribution in [0.1, 0.15) is 12.8 Å². The first-order valence-corrected chi connectivity index (χ1v) is 3.60. The molecule has 4 nitrogen and oxygen atoms in total. The third-order valence-electron chi connectivity index (χ3n) is 2.55. The van der Waals surface area contributed by atoms with Gasteiger partial charge in [-0.3, -0.25) is 0 Å². The summed E-state index contributed by atoms with van der Waals surface area (Å²) in [6, 6.07) is 0. The van der Waals surface area contributed by atoms with Gasteiger partial charge in [0.1, 0.15) is 0 Å². The third kappa shape index (κ3) is 0.795. The second-order valence-corrected chi connectivity index (χ2v) is 3.68. The normalized spacial score (nSPS) is 30.6. The van der Waals surface area contributed by atoms with Gasteiger partial charge in [-0.2, -0.15) is 0 Å². The lowest BCUT2D eigenvalue weighted by Crippen LogP contribution is -2.64. The lowest BCUT2D eigenvalue weighted by molar-refractivity contribution is -0.243. The molecular weight excluding hydrogens is 148 g/mol. The second kappa shape index (κ2) is 1.76. The van der Waals surface area contributed by atoms with E-state index < -0.39 is 11.6 Å². The van der Waals surface area contributed by atoms with Crippen molar-refractivity contribution >= 4 is 5.97 Å². The molecule has 0 aromatic rings. The molecule has 0 atom stereocenters. The zero-order valence-electron chi connectivity index (χ0n) is 6.04. The summed E-state index contributed by atoms with van der Waals surface area (Å²) >= 11 is 0. The molecule has 1 heterocycles. The molecule has 0 aromatic carbocycles. The Morgan fingerprint density at radius 1 is 1.36 bits per heavy atom. The number of rotatable bonds is 1. The van der Waals surface area contributed by atoms with Gasteiger partial charge in [0.25, 0.3) is 0 Å². The first kappa shape index (κ1) is 7.06. The van der Waals surface area contributed by atoms with Crippen molar-refractivity contribution in [2.45, 2.75) is 18.4 Å². The van der Waals surface area contributed by atoms with Crippen LogP contribution >= 0.6 is 0 Å². The number of carboxylic acids is 1. The summed E-state index contributed by atoms with van der Waals surface area (Å²) < 4.78 is 4.95. The minimum atomic E-state index is -1.45. The summed E-state index contributed by atoms with van der Waals surface area (Å²) in [7, 11) is 0. The number of carboxylic acid groups (broad SMARTS) is 1. The predicted molar refractivity (Wildman–Crippen MR) is 35.1 cm³/mol. The molecule has 2 N–H and O–H groups in total. The number of hydrogen-bond donors (Lipinski definition) is 2. The standard InChI is InChI=1S/C7H10O4/c8-5(9)7(10)1-6(2-7)3-11-4-6/h10H,1-4H2,(H,8,9). The maximum Gasteiger partial charge on any atom is 0.335 e. The Morgan fingerprint density at radius 3 is 2.18 bits per heavy atom. The Kier molecular flexibility index (Phi) is 1.13. The minimum absolute atomic E-state index is 0.00708. The third-order valence-corrected chi connectivity index (χ3v) is 2.55. The maximum atomic E-state index is 10.4. The zero-order valence-corrected chi connectivity index (χ0v) is 6.04. The summed E-state index contributed by atoms with van der Waals surface area (Å²) in [4.78, 5) is 10.4. The van der Waals surface area contributed by atoms with Crippen molar-refractivity contribution in [2.75, 3.05) is 13.2 Å². The van der Waals surface area contributed by atoms with E-state index in [1.165, 1.54) is 0 Å². The summed E-state index contributed by atoms with van der Waals surface area (Å²) in [5.41, 5.74) is -1.45. The monoisotopic (exact) mass is 158 g/mol. The molecular formula is C7H10O4. The van der Waals surface area contributed by atoms with Gasteiger partial charge < -0.3 is 14.9 Å². The molecule has 1 aliphatic heterocycles. The van der Waals surface area contributed by atoms with Crippen LogP contribution in [0.25, 0.3) is 0 Å². The molecule has 1 saturated heterocycles. The van der Waals surface area contributed by atoms with Crippen molar-refractivity contribution in [3.05, 3.63) is 0 Å². The van der Waals surface area contributed by atoms with E-state index in [0.29, 0.717) is 26.1 Å². The van der Waals surface area contributed by atoms with Gasteiger partial charge in [0.2, 0.25) is 0 Å². The van der Waals surface area contributed by atoms with Gasteiger partial charge in [0.05, 0.1) is 13.2 Å². The molecule has 2 fully saturated rings. The first-order chi connectivity index (χ1) is 5.06. The lowest BCUT2D eigenvalue weighted by atomic mass is 9.58. The topological polar surface area (TPSA) is 66.8 Å². The Labute approximate surface area is 63.8 Å². The van der Waals surface area contributed by atoms with Crippen molar-refractivity contribution in [1.29, 1.82) is 0 Å². The lowest BCUT2D eigenvalue weighted by Gasteiger charge is -2.55. The van der Waals surface area contributed by atoms with Crippen LogP contribution in [-0.4, -0.2) is 35.0 Å². The molecule has 1 aliphatic carbocycles. The summed E-state index contributed by atoms with van der Waals surface area (Å²) in [5.74, 6) is -1.10. The van der Waals surface area contributed by atoms with Gasteiger partial charge in [0.15, 0.2) is 5.60 Å². The van der Waals surface area contributed by atoms with Crippen LogP contribution < -0.4 is 0 Å². The van der Waals surface area contributed by atoms with Crippen molar-refractivity contribution < 1.29 is 19.7 Å². The van der Waals surface area contributed by atoms with Gasteiger partial charge >= 0.3 is 5.97 Å². The van der Waals surface area contributed by atoms with E-state index in [1.54, 1.807) is 0 Å². The molecule has 0 radical (unpaired) electrons. The van der Waals surface area contributed by atoms with Crippen LogP contribution in [0.5, 0.6) is 0 Å². The summed E-state index contributed by atoms with van der Waals surface area (Å²) in [5, 5.41) is 17.9. The minimum Gasteiger partial charge on any atom is -0.479 e. The van der Waals surface area contributed by atoms with E-state index in [4.69, 9.17) is 9.84 Å². The highest BCUT2D eigenvalue weighted by molar-refractivity contribution is 5.78. The van der Waals surface area contributed by atoms with Crippen LogP contribution in [0.2, 0.25) is 0 Å². The number of aliphatic hydroxyl groups is 1. The van der Waals surface area contributed by atoms with E-state index in [-0.39, 0.29) is 5.41 Å². The fourth-order valence-electron chi connectivity index (χ4n) is 1.94. The molecule has 1 spiro atoms. The predicted octanol–water partition coefficient (Wildman–Crippen LogP) is -0.388.